The number of methoxy groups -OCH3 is 1. The molecule has 0 radical (unpaired) electrons. The Morgan fingerprint density at radius 1 is 0.889 bits per heavy atom. The SMILES string of the molecule is COc1ccccc1NC(=O)C(C)(C)C(=O)Nc1cccc2cccnc12. The molecule has 3 rings (SSSR count). The van der Waals surface area contributed by atoms with E-state index in [0.717, 1.165) is 5.39 Å². The number of fused-ring (bicyclic) bond motifs is 1. The zero-order valence-electron chi connectivity index (χ0n) is 15.4. The van der Waals surface area contributed by atoms with Crippen molar-refractivity contribution in [2.45, 2.75) is 13.8 Å². The molecule has 0 aliphatic rings. The van der Waals surface area contributed by atoms with Gasteiger partial charge < -0.3 is 15.4 Å². The molecule has 0 spiro atoms. The molecule has 2 N–H and O–H groups in total. The maximum atomic E-state index is 12.8. The monoisotopic (exact) mass is 363 g/mol. The van der Waals surface area contributed by atoms with E-state index < -0.39 is 17.2 Å². The first kappa shape index (κ1) is 18.4. The number of hydrogen-bond acceptors (Lipinski definition) is 4. The Morgan fingerprint density at radius 2 is 1.52 bits per heavy atom. The van der Waals surface area contributed by atoms with Crippen LogP contribution in [0.5, 0.6) is 5.75 Å². The van der Waals surface area contributed by atoms with E-state index in [1.54, 1.807) is 50.4 Å². The van der Waals surface area contributed by atoms with Crippen LogP contribution in [0.1, 0.15) is 13.8 Å². The number of carbonyl (C=O) groups excluding carboxylic acids is 2. The number of aromatic nitrogens is 1. The predicted molar refractivity (Wildman–Crippen MR) is 106 cm³/mol. The minimum absolute atomic E-state index is 0.423. The maximum Gasteiger partial charge on any atom is 0.239 e. The molecule has 2 amide bonds. The van der Waals surface area contributed by atoms with Gasteiger partial charge in [-0.3, -0.25) is 14.6 Å². The molecule has 0 aliphatic heterocycles. The van der Waals surface area contributed by atoms with Crippen LogP contribution >= 0.6 is 0 Å². The van der Waals surface area contributed by atoms with Crippen LogP contribution in [0.15, 0.2) is 60.8 Å². The summed E-state index contributed by atoms with van der Waals surface area (Å²) in [6.45, 7) is 3.15. The highest BCUT2D eigenvalue weighted by Gasteiger charge is 2.36. The molecule has 0 bridgehead atoms. The number of pyridine rings is 1. The van der Waals surface area contributed by atoms with Crippen molar-refractivity contribution in [1.82, 2.24) is 4.98 Å². The summed E-state index contributed by atoms with van der Waals surface area (Å²) in [6, 6.07) is 16.3. The van der Waals surface area contributed by atoms with Gasteiger partial charge in [0, 0.05) is 11.6 Å². The Morgan fingerprint density at radius 3 is 2.26 bits per heavy atom. The van der Waals surface area contributed by atoms with Crippen molar-refractivity contribution >= 4 is 34.1 Å². The van der Waals surface area contributed by atoms with Crippen LogP contribution in [0, 0.1) is 5.41 Å². The van der Waals surface area contributed by atoms with Gasteiger partial charge in [-0.1, -0.05) is 30.3 Å². The molecule has 0 saturated heterocycles. The van der Waals surface area contributed by atoms with E-state index in [1.807, 2.05) is 24.3 Å². The highest BCUT2D eigenvalue weighted by atomic mass is 16.5. The number of rotatable bonds is 5. The van der Waals surface area contributed by atoms with Crippen molar-refractivity contribution in [1.29, 1.82) is 0 Å². The van der Waals surface area contributed by atoms with E-state index in [4.69, 9.17) is 4.74 Å². The van der Waals surface area contributed by atoms with Crippen molar-refractivity contribution < 1.29 is 14.3 Å². The van der Waals surface area contributed by atoms with Gasteiger partial charge in [-0.25, -0.2) is 0 Å². The van der Waals surface area contributed by atoms with Gasteiger partial charge in [0.15, 0.2) is 0 Å². The van der Waals surface area contributed by atoms with Gasteiger partial charge in [-0.15, -0.1) is 0 Å². The molecule has 1 aromatic heterocycles. The number of benzene rings is 2. The number of para-hydroxylation sites is 3. The first-order valence-corrected chi connectivity index (χ1v) is 8.53. The number of amides is 2. The lowest BCUT2D eigenvalue weighted by atomic mass is 9.90. The molecule has 0 aliphatic carbocycles. The molecule has 0 fully saturated rings. The van der Waals surface area contributed by atoms with Gasteiger partial charge in [-0.05, 0) is 38.1 Å². The number of carbonyl (C=O) groups is 2. The number of ether oxygens (including phenoxy) is 1. The van der Waals surface area contributed by atoms with Crippen molar-refractivity contribution in [2.24, 2.45) is 5.41 Å². The quantitative estimate of drug-likeness (QED) is 0.675. The van der Waals surface area contributed by atoms with Crippen molar-refractivity contribution in [2.75, 3.05) is 17.7 Å². The van der Waals surface area contributed by atoms with E-state index in [-0.39, 0.29) is 0 Å². The second-order valence-corrected chi connectivity index (χ2v) is 6.61. The van der Waals surface area contributed by atoms with Gasteiger partial charge >= 0.3 is 0 Å². The maximum absolute atomic E-state index is 12.8. The lowest BCUT2D eigenvalue weighted by Gasteiger charge is -2.23. The van der Waals surface area contributed by atoms with E-state index in [0.29, 0.717) is 22.6 Å². The molecule has 2 aromatic carbocycles. The molecule has 1 heterocycles. The first-order valence-electron chi connectivity index (χ1n) is 8.53. The Hall–Kier alpha value is -3.41. The topological polar surface area (TPSA) is 80.3 Å². The summed E-state index contributed by atoms with van der Waals surface area (Å²) in [5.41, 5.74) is 0.445. The van der Waals surface area contributed by atoms with Crippen LogP contribution in [-0.2, 0) is 9.59 Å². The van der Waals surface area contributed by atoms with Crippen LogP contribution in [0.2, 0.25) is 0 Å². The lowest BCUT2D eigenvalue weighted by Crippen LogP contribution is -2.41. The fourth-order valence-electron chi connectivity index (χ4n) is 2.61. The largest absolute Gasteiger partial charge is 0.495 e. The standard InChI is InChI=1S/C21H21N3O3/c1-21(2,19(25)23-15-10-4-5-12-17(15)27-3)20(26)24-16-11-6-8-14-9-7-13-22-18(14)16/h4-13H,1-3H3,(H,23,25)(H,24,26). The molecular formula is C21H21N3O3. The highest BCUT2D eigenvalue weighted by Crippen LogP contribution is 2.28. The zero-order valence-corrected chi connectivity index (χ0v) is 15.4. The number of anilines is 2. The molecule has 27 heavy (non-hydrogen) atoms. The highest BCUT2D eigenvalue weighted by molar-refractivity contribution is 6.15. The average Bonchev–Trinajstić information content (AvgIpc) is 2.68. The first-order chi connectivity index (χ1) is 12.9. The Kier molecular flexibility index (Phi) is 5.07. The summed E-state index contributed by atoms with van der Waals surface area (Å²) in [7, 11) is 1.52. The lowest BCUT2D eigenvalue weighted by molar-refractivity contribution is -0.135. The summed E-state index contributed by atoms with van der Waals surface area (Å²) in [5.74, 6) is -0.328. The molecule has 0 saturated carbocycles. The minimum Gasteiger partial charge on any atom is -0.495 e. The van der Waals surface area contributed by atoms with Crippen LogP contribution < -0.4 is 15.4 Å². The normalized spacial score (nSPS) is 11.1. The fourth-order valence-corrected chi connectivity index (χ4v) is 2.61. The van der Waals surface area contributed by atoms with Crippen LogP contribution in [-0.4, -0.2) is 23.9 Å². The van der Waals surface area contributed by atoms with Gasteiger partial charge in [0.05, 0.1) is 24.0 Å². The van der Waals surface area contributed by atoms with Crippen molar-refractivity contribution in [3.8, 4) is 5.75 Å². The van der Waals surface area contributed by atoms with Crippen LogP contribution in [0.4, 0.5) is 11.4 Å². The molecule has 0 atom stereocenters. The molecule has 6 heteroatoms. The van der Waals surface area contributed by atoms with E-state index in [1.165, 1.54) is 7.11 Å². The number of nitrogens with zero attached hydrogens (tertiary/aromatic N) is 1. The Labute approximate surface area is 157 Å². The molecule has 6 nitrogen and oxygen atoms in total. The van der Waals surface area contributed by atoms with Crippen molar-refractivity contribution in [3.63, 3.8) is 0 Å². The molecule has 138 valence electrons. The third kappa shape index (κ3) is 3.74. The summed E-state index contributed by atoms with van der Waals surface area (Å²) >= 11 is 0. The van der Waals surface area contributed by atoms with Crippen LogP contribution in [0.25, 0.3) is 10.9 Å². The summed E-state index contributed by atoms with van der Waals surface area (Å²) in [6.07, 6.45) is 1.66. The van der Waals surface area contributed by atoms with Crippen molar-refractivity contribution in [3.05, 3.63) is 60.8 Å². The molecule has 0 unspecified atom stereocenters. The third-order valence-electron chi connectivity index (χ3n) is 4.37. The van der Waals surface area contributed by atoms with Crippen LogP contribution in [0.3, 0.4) is 0 Å². The number of nitrogens with one attached hydrogen (secondary N) is 2. The smallest absolute Gasteiger partial charge is 0.239 e. The van der Waals surface area contributed by atoms with Gasteiger partial charge in [0.1, 0.15) is 11.2 Å². The summed E-state index contributed by atoms with van der Waals surface area (Å²) in [4.78, 5) is 29.9. The number of hydrogen-bond donors (Lipinski definition) is 2. The summed E-state index contributed by atoms with van der Waals surface area (Å²) in [5, 5.41) is 6.50. The van der Waals surface area contributed by atoms with E-state index >= 15 is 0 Å². The minimum atomic E-state index is -1.31. The third-order valence-corrected chi connectivity index (χ3v) is 4.37. The molecular weight excluding hydrogens is 342 g/mol. The average molecular weight is 363 g/mol. The zero-order chi connectivity index (χ0) is 19.4. The summed E-state index contributed by atoms with van der Waals surface area (Å²) < 4.78 is 5.24. The van der Waals surface area contributed by atoms with Gasteiger partial charge in [0.2, 0.25) is 11.8 Å². The van der Waals surface area contributed by atoms with Gasteiger partial charge in [-0.2, -0.15) is 0 Å². The fraction of sp³-hybridized carbons (Fsp3) is 0.190. The van der Waals surface area contributed by atoms with E-state index in [9.17, 15) is 9.59 Å². The second kappa shape index (κ2) is 7.45. The predicted octanol–water partition coefficient (Wildman–Crippen LogP) is 3.85. The second-order valence-electron chi connectivity index (χ2n) is 6.61. The van der Waals surface area contributed by atoms with E-state index in [2.05, 4.69) is 15.6 Å². The Bertz CT molecular complexity index is 993. The van der Waals surface area contributed by atoms with Gasteiger partial charge in [0.25, 0.3) is 0 Å². The Balaban J connectivity index is 1.81. The molecule has 3 aromatic rings.